The average Bonchev–Trinajstić information content (AvgIpc) is 3.39. The van der Waals surface area contributed by atoms with Crippen molar-refractivity contribution in [1.82, 2.24) is 14.9 Å². The number of alkyl halides is 6. The third kappa shape index (κ3) is 6.25. The Morgan fingerprint density at radius 2 is 1.70 bits per heavy atom. The molecule has 4 rings (SSSR count). The van der Waals surface area contributed by atoms with Gasteiger partial charge in [0.05, 0.1) is 12.0 Å². The lowest BCUT2D eigenvalue weighted by molar-refractivity contribution is -0.921. The fourth-order valence-electron chi connectivity index (χ4n) is 4.75. The second-order valence-electron chi connectivity index (χ2n) is 9.40. The zero-order valence-electron chi connectivity index (χ0n) is 20.6. The molecule has 0 unspecified atom stereocenters. The number of halogens is 7. The number of aromatic amines is 1. The zero-order valence-corrected chi connectivity index (χ0v) is 20.6. The molecule has 1 saturated carbocycles. The summed E-state index contributed by atoms with van der Waals surface area (Å²) in [5, 5.41) is 1.41. The monoisotopic (exact) mass is 579 g/mol. The molecular formula is C24H22F7N4O5+. The Labute approximate surface area is 221 Å². The van der Waals surface area contributed by atoms with Gasteiger partial charge in [-0.15, -0.1) is 0 Å². The number of benzene rings is 1. The number of carbonyl (C=O) groups excluding carboxylic acids is 3. The average molecular weight is 579 g/mol. The highest BCUT2D eigenvalue weighted by Gasteiger charge is 2.46. The van der Waals surface area contributed by atoms with Crippen LogP contribution in [0.2, 0.25) is 0 Å². The maximum absolute atomic E-state index is 14.7. The van der Waals surface area contributed by atoms with Crippen LogP contribution in [-0.4, -0.2) is 64.5 Å². The fraction of sp³-hybridized carbons (Fsp3) is 0.458. The van der Waals surface area contributed by atoms with Crippen LogP contribution in [0.25, 0.3) is 0 Å². The molecule has 1 N–H and O–H groups in total. The normalized spacial score (nSPS) is 16.9. The molecule has 1 aromatic carbocycles. The third-order valence-corrected chi connectivity index (χ3v) is 6.69. The number of hydrogen-bond acceptors (Lipinski definition) is 5. The quantitative estimate of drug-likeness (QED) is 0.432. The Balaban J connectivity index is 1.61. The van der Waals surface area contributed by atoms with Crippen molar-refractivity contribution in [3.63, 3.8) is 0 Å². The fourth-order valence-corrected chi connectivity index (χ4v) is 4.75. The molecule has 1 aliphatic carbocycles. The van der Waals surface area contributed by atoms with Crippen LogP contribution in [0.3, 0.4) is 0 Å². The molecule has 2 aromatic rings. The maximum atomic E-state index is 14.7. The smallest absolute Gasteiger partial charge is 0.336 e. The van der Waals surface area contributed by atoms with E-state index in [1.165, 1.54) is 5.10 Å². The molecule has 9 nitrogen and oxygen atoms in total. The van der Waals surface area contributed by atoms with E-state index >= 15 is 0 Å². The minimum absolute atomic E-state index is 0.0716. The number of nitrogens with zero attached hydrogens (tertiary/aromatic N) is 3. The molecule has 0 bridgehead atoms. The Kier molecular flexibility index (Phi) is 7.90. The van der Waals surface area contributed by atoms with Gasteiger partial charge in [-0.3, -0.25) is 14.4 Å². The van der Waals surface area contributed by atoms with Crippen molar-refractivity contribution >= 4 is 17.8 Å². The summed E-state index contributed by atoms with van der Waals surface area (Å²) >= 11 is 0. The van der Waals surface area contributed by atoms with Crippen molar-refractivity contribution in [3.8, 4) is 0 Å². The van der Waals surface area contributed by atoms with Crippen LogP contribution in [0.5, 0.6) is 0 Å². The molecule has 40 heavy (non-hydrogen) atoms. The molecule has 1 aromatic heterocycles. The van der Waals surface area contributed by atoms with E-state index < -0.39 is 58.8 Å². The van der Waals surface area contributed by atoms with Gasteiger partial charge in [-0.05, 0) is 30.5 Å². The first-order valence-electron chi connectivity index (χ1n) is 12.1. The van der Waals surface area contributed by atoms with Crippen molar-refractivity contribution in [1.29, 1.82) is 0 Å². The Morgan fingerprint density at radius 3 is 2.30 bits per heavy atom. The molecule has 1 aliphatic heterocycles. The highest BCUT2D eigenvalue weighted by atomic mass is 19.4. The number of aromatic nitrogens is 2. The lowest BCUT2D eigenvalue weighted by atomic mass is 10.0. The maximum Gasteiger partial charge on any atom is 0.498 e. The van der Waals surface area contributed by atoms with Crippen LogP contribution in [0.4, 0.5) is 30.7 Å². The van der Waals surface area contributed by atoms with Gasteiger partial charge in [0, 0.05) is 25.2 Å². The topological polar surface area (TPSA) is 104 Å². The van der Waals surface area contributed by atoms with Crippen LogP contribution < -0.4 is 15.2 Å². The van der Waals surface area contributed by atoms with E-state index in [1.54, 1.807) is 4.90 Å². The van der Waals surface area contributed by atoms with Gasteiger partial charge < -0.3 is 9.80 Å². The van der Waals surface area contributed by atoms with Crippen LogP contribution in [-0.2, 0) is 22.2 Å². The second-order valence-corrected chi connectivity index (χ2v) is 9.40. The number of rotatable bonds is 5. The second kappa shape index (κ2) is 10.9. The number of H-pyrrole nitrogens is 1. The van der Waals surface area contributed by atoms with E-state index in [9.17, 15) is 49.9 Å². The van der Waals surface area contributed by atoms with Crippen LogP contribution in [0.1, 0.15) is 52.9 Å². The molecule has 2 amide bonds. The SMILES string of the molecule is O=C(c1cc(Cc2cc(C(F)(F)F)c(=O)[nH][n+]2OC(=O)C(F)(F)F)ccc1F)N1CCN(C2CCCC2)C(=O)C1. The van der Waals surface area contributed by atoms with Crippen molar-refractivity contribution < 1.29 is 54.8 Å². The third-order valence-electron chi connectivity index (χ3n) is 6.69. The molecule has 216 valence electrons. The first-order valence-corrected chi connectivity index (χ1v) is 12.1. The molecule has 2 heterocycles. The van der Waals surface area contributed by atoms with Crippen LogP contribution in [0, 0.1) is 5.82 Å². The molecule has 0 spiro atoms. The molecule has 2 aliphatic rings. The number of carbonyl (C=O) groups is 3. The first-order chi connectivity index (χ1) is 18.6. The first kappa shape index (κ1) is 29.0. The van der Waals surface area contributed by atoms with Crippen molar-refractivity contribution in [2.24, 2.45) is 0 Å². The standard InChI is InChI=1S/C24H21F7N4O5/c25-18-6-5-13(10-16(18)21(38)33-7-8-34(19(36)12-33)14-3-1-2-4-14)9-15-11-17(23(26,27)28)20(37)32-35(15)40-22(39)24(29,30)31/h5-6,10-11,14H,1-4,7-9,12H2/p+1. The van der Waals surface area contributed by atoms with Gasteiger partial charge in [0.1, 0.15) is 22.8 Å². The highest BCUT2D eigenvalue weighted by Crippen LogP contribution is 2.28. The molecule has 0 atom stereocenters. The predicted molar refractivity (Wildman–Crippen MR) is 119 cm³/mol. The van der Waals surface area contributed by atoms with Crippen LogP contribution in [0.15, 0.2) is 29.1 Å². The number of nitrogens with one attached hydrogen (secondary N) is 1. The molecular weight excluding hydrogens is 557 g/mol. The summed E-state index contributed by atoms with van der Waals surface area (Å²) < 4.78 is 92.6. The van der Waals surface area contributed by atoms with Gasteiger partial charge in [0.15, 0.2) is 0 Å². The predicted octanol–water partition coefficient (Wildman–Crippen LogP) is 2.16. The minimum Gasteiger partial charge on any atom is -0.336 e. The zero-order chi connectivity index (χ0) is 29.4. The van der Waals surface area contributed by atoms with Crippen molar-refractivity contribution in [3.05, 3.63) is 62.8 Å². The Hall–Kier alpha value is -3.98. The van der Waals surface area contributed by atoms with Gasteiger partial charge in [-0.2, -0.15) is 31.2 Å². The summed E-state index contributed by atoms with van der Waals surface area (Å²) in [7, 11) is 0. The largest absolute Gasteiger partial charge is 0.498 e. The van der Waals surface area contributed by atoms with E-state index in [1.807, 2.05) is 0 Å². The molecule has 2 fully saturated rings. The summed E-state index contributed by atoms with van der Waals surface area (Å²) in [4.78, 5) is 55.5. The summed E-state index contributed by atoms with van der Waals surface area (Å²) in [5.41, 5.74) is -5.05. The Bertz CT molecular complexity index is 1380. The molecule has 16 heteroatoms. The summed E-state index contributed by atoms with van der Waals surface area (Å²) in [5.74, 6) is -5.00. The molecule has 1 saturated heterocycles. The van der Waals surface area contributed by atoms with Gasteiger partial charge >= 0.3 is 23.9 Å². The lowest BCUT2D eigenvalue weighted by Gasteiger charge is -2.37. The van der Waals surface area contributed by atoms with Gasteiger partial charge in [-0.25, -0.2) is 9.18 Å². The van der Waals surface area contributed by atoms with E-state index in [-0.39, 0.29) is 48.1 Å². The highest BCUT2D eigenvalue weighted by molar-refractivity contribution is 5.97. The van der Waals surface area contributed by atoms with Gasteiger partial charge in [0.2, 0.25) is 5.91 Å². The number of amides is 2. The van der Waals surface area contributed by atoms with E-state index in [2.05, 4.69) is 4.84 Å². The van der Waals surface area contributed by atoms with E-state index in [0.29, 0.717) is 0 Å². The van der Waals surface area contributed by atoms with Crippen LogP contribution >= 0.6 is 0 Å². The molecule has 0 radical (unpaired) electrons. The lowest BCUT2D eigenvalue weighted by Crippen LogP contribution is -2.58. The van der Waals surface area contributed by atoms with Gasteiger partial charge in [-0.1, -0.05) is 24.0 Å². The Morgan fingerprint density at radius 1 is 1.02 bits per heavy atom. The summed E-state index contributed by atoms with van der Waals surface area (Å²) in [6.45, 7) is 0.0625. The van der Waals surface area contributed by atoms with Crippen molar-refractivity contribution in [2.75, 3.05) is 19.6 Å². The van der Waals surface area contributed by atoms with E-state index in [4.69, 9.17) is 0 Å². The number of hydrogen-bond donors (Lipinski definition) is 1. The van der Waals surface area contributed by atoms with E-state index in [0.717, 1.165) is 48.8 Å². The minimum atomic E-state index is -5.54. The number of piperazine rings is 1. The van der Waals surface area contributed by atoms with Crippen molar-refractivity contribution in [2.45, 2.75) is 50.5 Å². The summed E-state index contributed by atoms with van der Waals surface area (Å²) in [6, 6.07) is 3.08. The summed E-state index contributed by atoms with van der Waals surface area (Å²) in [6.07, 6.45) is -7.79. The van der Waals surface area contributed by atoms with Gasteiger partial charge in [0.25, 0.3) is 11.6 Å².